The second-order valence-electron chi connectivity index (χ2n) is 5.02. The highest BCUT2D eigenvalue weighted by molar-refractivity contribution is 7.85. The van der Waals surface area contributed by atoms with Crippen molar-refractivity contribution >= 4 is 32.7 Å². The first kappa shape index (κ1) is 16.0. The number of benzene rings is 2. The number of amides is 2. The van der Waals surface area contributed by atoms with E-state index in [1.165, 1.54) is 18.2 Å². The number of carbonyl (C=O) groups is 2. The minimum atomic E-state index is -4.04. The Hall–Kier alpha value is -2.89. The fraction of sp³-hybridized carbons (Fsp3) is 0.125. The van der Waals surface area contributed by atoms with E-state index >= 15 is 0 Å². The first-order chi connectivity index (χ1) is 11.3. The van der Waals surface area contributed by atoms with Gasteiger partial charge in [0.15, 0.2) is 0 Å². The van der Waals surface area contributed by atoms with Gasteiger partial charge >= 0.3 is 0 Å². The van der Waals surface area contributed by atoms with Crippen LogP contribution in [0.15, 0.2) is 30.3 Å². The summed E-state index contributed by atoms with van der Waals surface area (Å²) in [6, 6.07) is 7.72. The summed E-state index contributed by atoms with van der Waals surface area (Å²) in [6.07, 6.45) is 5.93. The lowest BCUT2D eigenvalue weighted by molar-refractivity contribution is -0.0149. The lowest BCUT2D eigenvalue weighted by Gasteiger charge is -2.25. The molecule has 0 radical (unpaired) electrons. The lowest BCUT2D eigenvalue weighted by atomic mass is 9.94. The van der Waals surface area contributed by atoms with E-state index in [2.05, 4.69) is 10.2 Å². The summed E-state index contributed by atoms with van der Waals surface area (Å²) in [5.41, 5.74) is 0.272. The van der Waals surface area contributed by atoms with Gasteiger partial charge in [-0.15, -0.1) is 15.8 Å². The van der Waals surface area contributed by atoms with Crippen molar-refractivity contribution in [1.82, 2.24) is 5.06 Å². The van der Waals surface area contributed by atoms with Crippen LogP contribution in [0, 0.1) is 12.3 Å². The SMILES string of the molecule is C#CCOc1ccc2c3c(cccc13)C(=O)N(OS(C)(=O)=O)C2=O. The highest BCUT2D eigenvalue weighted by Gasteiger charge is 2.36. The molecule has 122 valence electrons. The molecule has 0 fully saturated rings. The summed E-state index contributed by atoms with van der Waals surface area (Å²) in [5, 5.41) is 1.14. The molecule has 24 heavy (non-hydrogen) atoms. The van der Waals surface area contributed by atoms with E-state index in [4.69, 9.17) is 11.2 Å². The van der Waals surface area contributed by atoms with Gasteiger partial charge in [-0.2, -0.15) is 8.42 Å². The van der Waals surface area contributed by atoms with Crippen LogP contribution in [0.25, 0.3) is 10.8 Å². The van der Waals surface area contributed by atoms with Gasteiger partial charge in [-0.25, -0.2) is 0 Å². The van der Waals surface area contributed by atoms with Gasteiger partial charge < -0.3 is 4.74 Å². The fourth-order valence-corrected chi connectivity index (χ4v) is 2.90. The Morgan fingerprint density at radius 2 is 1.79 bits per heavy atom. The van der Waals surface area contributed by atoms with Crippen molar-refractivity contribution in [3.05, 3.63) is 41.5 Å². The van der Waals surface area contributed by atoms with Crippen LogP contribution in [0.5, 0.6) is 5.75 Å². The van der Waals surface area contributed by atoms with Gasteiger partial charge in [0.2, 0.25) is 0 Å². The standard InChI is InChI=1S/C16H11NO6S/c1-3-9-22-13-8-7-12-14-10(13)5-4-6-11(14)15(18)17(16(12)19)23-24(2,20)21/h1,4-8H,9H2,2H3. The van der Waals surface area contributed by atoms with Crippen LogP contribution in [-0.2, 0) is 14.4 Å². The van der Waals surface area contributed by atoms with Crippen LogP contribution >= 0.6 is 0 Å². The van der Waals surface area contributed by atoms with E-state index in [0.29, 0.717) is 16.5 Å². The monoisotopic (exact) mass is 345 g/mol. The molecule has 7 nitrogen and oxygen atoms in total. The zero-order valence-electron chi connectivity index (χ0n) is 12.5. The fourth-order valence-electron chi connectivity index (χ4n) is 2.50. The molecule has 2 aromatic rings. The zero-order chi connectivity index (χ0) is 17.5. The van der Waals surface area contributed by atoms with Crippen molar-refractivity contribution in [3.63, 3.8) is 0 Å². The molecular formula is C16H11NO6S. The summed E-state index contributed by atoms with van der Waals surface area (Å²) in [6.45, 7) is 0.0316. The van der Waals surface area contributed by atoms with Gasteiger partial charge in [0.25, 0.3) is 21.9 Å². The minimum absolute atomic E-state index is 0.0316. The predicted octanol–water partition coefficient (Wildman–Crippen LogP) is 1.34. The normalized spacial score (nSPS) is 13.9. The number of rotatable bonds is 4. The Morgan fingerprint density at radius 1 is 1.12 bits per heavy atom. The maximum atomic E-state index is 12.5. The Bertz CT molecular complexity index is 997. The third kappa shape index (κ3) is 2.60. The number of hydroxylamine groups is 2. The van der Waals surface area contributed by atoms with E-state index in [0.717, 1.165) is 6.26 Å². The van der Waals surface area contributed by atoms with E-state index in [9.17, 15) is 18.0 Å². The molecule has 0 aliphatic carbocycles. The van der Waals surface area contributed by atoms with Gasteiger partial charge in [0, 0.05) is 10.8 Å². The summed E-state index contributed by atoms with van der Waals surface area (Å²) in [5.74, 6) is 1.03. The highest BCUT2D eigenvalue weighted by Crippen LogP contribution is 2.35. The van der Waals surface area contributed by atoms with Crippen LogP contribution in [0.4, 0.5) is 0 Å². The molecule has 1 aliphatic heterocycles. The molecule has 3 rings (SSSR count). The molecule has 2 amide bonds. The molecular weight excluding hydrogens is 334 g/mol. The van der Waals surface area contributed by atoms with Gasteiger partial charge in [0.1, 0.15) is 12.4 Å². The van der Waals surface area contributed by atoms with Gasteiger partial charge in [-0.3, -0.25) is 9.59 Å². The topological polar surface area (TPSA) is 90.0 Å². The Kier molecular flexibility index (Phi) is 3.75. The Balaban J connectivity index is 2.21. The van der Waals surface area contributed by atoms with Crippen molar-refractivity contribution < 1.29 is 27.0 Å². The van der Waals surface area contributed by atoms with E-state index in [1.54, 1.807) is 12.1 Å². The number of carbonyl (C=O) groups excluding carboxylic acids is 2. The summed E-state index contributed by atoms with van der Waals surface area (Å²) < 4.78 is 32.6. The largest absolute Gasteiger partial charge is 0.480 e. The molecule has 0 aromatic heterocycles. The second kappa shape index (κ2) is 5.63. The first-order valence-corrected chi connectivity index (χ1v) is 8.55. The molecule has 0 spiro atoms. The van der Waals surface area contributed by atoms with Crippen LogP contribution in [0.1, 0.15) is 20.7 Å². The van der Waals surface area contributed by atoms with Crippen molar-refractivity contribution in [1.29, 1.82) is 0 Å². The van der Waals surface area contributed by atoms with Crippen molar-refractivity contribution in [3.8, 4) is 18.1 Å². The average Bonchev–Trinajstić information content (AvgIpc) is 2.54. The van der Waals surface area contributed by atoms with Crippen LogP contribution < -0.4 is 4.74 Å². The van der Waals surface area contributed by atoms with Crippen molar-refractivity contribution in [2.45, 2.75) is 0 Å². The van der Waals surface area contributed by atoms with E-state index in [-0.39, 0.29) is 22.8 Å². The molecule has 0 saturated heterocycles. The zero-order valence-corrected chi connectivity index (χ0v) is 13.3. The van der Waals surface area contributed by atoms with Crippen LogP contribution in [-0.4, -0.2) is 38.2 Å². The molecule has 2 aromatic carbocycles. The van der Waals surface area contributed by atoms with E-state index < -0.39 is 21.9 Å². The molecule has 0 atom stereocenters. The molecule has 1 heterocycles. The number of terminal acetylenes is 1. The maximum Gasteiger partial charge on any atom is 0.286 e. The molecule has 0 bridgehead atoms. The number of hydrogen-bond acceptors (Lipinski definition) is 6. The lowest BCUT2D eigenvalue weighted by Crippen LogP contribution is -2.41. The smallest absolute Gasteiger partial charge is 0.286 e. The van der Waals surface area contributed by atoms with Crippen molar-refractivity contribution in [2.75, 3.05) is 12.9 Å². The molecule has 1 aliphatic rings. The molecule has 8 heteroatoms. The number of hydrogen-bond donors (Lipinski definition) is 0. The molecule has 0 saturated carbocycles. The average molecular weight is 345 g/mol. The second-order valence-corrected chi connectivity index (χ2v) is 6.57. The summed E-state index contributed by atoms with van der Waals surface area (Å²) in [4.78, 5) is 24.9. The quantitative estimate of drug-likeness (QED) is 0.614. The number of imide groups is 1. The van der Waals surface area contributed by atoms with Gasteiger partial charge in [-0.1, -0.05) is 18.1 Å². The van der Waals surface area contributed by atoms with E-state index in [1.807, 2.05) is 0 Å². The Morgan fingerprint density at radius 3 is 2.42 bits per heavy atom. The van der Waals surface area contributed by atoms with Crippen molar-refractivity contribution in [2.24, 2.45) is 0 Å². The minimum Gasteiger partial charge on any atom is -0.480 e. The van der Waals surface area contributed by atoms with Crippen LogP contribution in [0.3, 0.4) is 0 Å². The third-order valence-electron chi connectivity index (χ3n) is 3.35. The van der Waals surface area contributed by atoms with Gasteiger partial charge in [0.05, 0.1) is 17.4 Å². The maximum absolute atomic E-state index is 12.5. The number of ether oxygens (including phenoxy) is 1. The molecule has 0 unspecified atom stereocenters. The summed E-state index contributed by atoms with van der Waals surface area (Å²) in [7, 11) is -4.04. The number of nitrogens with zero attached hydrogens (tertiary/aromatic N) is 1. The third-order valence-corrected chi connectivity index (χ3v) is 3.77. The summed E-state index contributed by atoms with van der Waals surface area (Å²) >= 11 is 0. The molecule has 0 N–H and O–H groups in total. The Labute approximate surface area is 137 Å². The predicted molar refractivity (Wildman–Crippen MR) is 84.7 cm³/mol. The van der Waals surface area contributed by atoms with Gasteiger partial charge in [-0.05, 0) is 18.2 Å². The van der Waals surface area contributed by atoms with Crippen LogP contribution in [0.2, 0.25) is 0 Å². The first-order valence-electron chi connectivity index (χ1n) is 6.74. The highest BCUT2D eigenvalue weighted by atomic mass is 32.2.